The first kappa shape index (κ1) is 13.3. The van der Waals surface area contributed by atoms with Gasteiger partial charge in [-0.1, -0.05) is 19.1 Å². The average molecular weight is 258 g/mol. The molecule has 0 saturated heterocycles. The maximum absolute atomic E-state index is 11.5. The number of rotatable bonds is 6. The fourth-order valence-electron chi connectivity index (χ4n) is 1.79. The molecule has 5 nitrogen and oxygen atoms in total. The van der Waals surface area contributed by atoms with Gasteiger partial charge in [0.2, 0.25) is 5.91 Å². The first-order chi connectivity index (χ1) is 9.31. The molecule has 0 aliphatic carbocycles. The highest BCUT2D eigenvalue weighted by Crippen LogP contribution is 2.17. The summed E-state index contributed by atoms with van der Waals surface area (Å²) in [5, 5.41) is 7.00. The lowest BCUT2D eigenvalue weighted by Crippen LogP contribution is -2.26. The summed E-state index contributed by atoms with van der Waals surface area (Å²) >= 11 is 0. The Labute approximate surface area is 112 Å². The van der Waals surface area contributed by atoms with Crippen molar-refractivity contribution in [3.8, 4) is 0 Å². The van der Waals surface area contributed by atoms with Crippen LogP contribution in [0, 0.1) is 0 Å². The van der Waals surface area contributed by atoms with Crippen LogP contribution >= 0.6 is 0 Å². The molecule has 1 heterocycles. The standard InChI is InChI=1S/C14H18N4O/c1-2-8-15-13(19)7-9-16-14-11-5-3-4-6-12(11)17-10-18-14/h3-6,10H,2,7-9H2,1H3,(H,15,19)(H,16,17,18). The highest BCUT2D eigenvalue weighted by Gasteiger charge is 2.03. The van der Waals surface area contributed by atoms with E-state index in [0.29, 0.717) is 13.0 Å². The van der Waals surface area contributed by atoms with Crippen LogP contribution in [-0.4, -0.2) is 29.0 Å². The minimum Gasteiger partial charge on any atom is -0.369 e. The van der Waals surface area contributed by atoms with Crippen molar-refractivity contribution in [1.82, 2.24) is 15.3 Å². The Morgan fingerprint density at radius 1 is 1.21 bits per heavy atom. The van der Waals surface area contributed by atoms with Crippen LogP contribution in [0.4, 0.5) is 5.82 Å². The van der Waals surface area contributed by atoms with E-state index in [2.05, 4.69) is 20.6 Å². The molecule has 5 heteroatoms. The quantitative estimate of drug-likeness (QED) is 0.831. The SMILES string of the molecule is CCCNC(=O)CCNc1ncnc2ccccc12. The van der Waals surface area contributed by atoms with Crippen LogP contribution in [0.2, 0.25) is 0 Å². The van der Waals surface area contributed by atoms with E-state index in [-0.39, 0.29) is 5.91 Å². The molecule has 0 atom stereocenters. The molecule has 0 spiro atoms. The van der Waals surface area contributed by atoms with Crippen molar-refractivity contribution in [3.05, 3.63) is 30.6 Å². The lowest BCUT2D eigenvalue weighted by molar-refractivity contribution is -0.120. The zero-order chi connectivity index (χ0) is 13.5. The number of para-hydroxylation sites is 1. The predicted octanol–water partition coefficient (Wildman–Crippen LogP) is 1.96. The Morgan fingerprint density at radius 2 is 2.05 bits per heavy atom. The molecular formula is C14H18N4O. The van der Waals surface area contributed by atoms with E-state index in [1.165, 1.54) is 6.33 Å². The zero-order valence-electron chi connectivity index (χ0n) is 11.0. The average Bonchev–Trinajstić information content (AvgIpc) is 2.45. The summed E-state index contributed by atoms with van der Waals surface area (Å²) in [6.45, 7) is 3.33. The van der Waals surface area contributed by atoms with Crippen LogP contribution in [0.5, 0.6) is 0 Å². The number of carbonyl (C=O) groups is 1. The summed E-state index contributed by atoms with van der Waals surface area (Å²) in [7, 11) is 0. The van der Waals surface area contributed by atoms with Gasteiger partial charge in [-0.2, -0.15) is 0 Å². The number of fused-ring (bicyclic) bond motifs is 1. The lowest BCUT2D eigenvalue weighted by Gasteiger charge is -2.08. The number of aromatic nitrogens is 2. The second-order valence-electron chi connectivity index (χ2n) is 4.27. The number of nitrogens with one attached hydrogen (secondary N) is 2. The van der Waals surface area contributed by atoms with E-state index in [0.717, 1.165) is 29.7 Å². The Balaban J connectivity index is 1.93. The fourth-order valence-corrected chi connectivity index (χ4v) is 1.79. The van der Waals surface area contributed by atoms with Crippen LogP contribution < -0.4 is 10.6 Å². The van der Waals surface area contributed by atoms with Gasteiger partial charge >= 0.3 is 0 Å². The van der Waals surface area contributed by atoms with Gasteiger partial charge in [0.1, 0.15) is 12.1 Å². The third-order valence-corrected chi connectivity index (χ3v) is 2.76. The molecule has 0 aliphatic heterocycles. The van der Waals surface area contributed by atoms with E-state index in [4.69, 9.17) is 0 Å². The Hall–Kier alpha value is -2.17. The minimum absolute atomic E-state index is 0.0627. The number of anilines is 1. The second kappa shape index (κ2) is 6.68. The van der Waals surface area contributed by atoms with Crippen LogP contribution in [0.3, 0.4) is 0 Å². The first-order valence-corrected chi connectivity index (χ1v) is 6.51. The largest absolute Gasteiger partial charge is 0.369 e. The molecule has 0 radical (unpaired) electrons. The second-order valence-corrected chi connectivity index (χ2v) is 4.27. The molecule has 2 aromatic rings. The number of nitrogens with zero attached hydrogens (tertiary/aromatic N) is 2. The van der Waals surface area contributed by atoms with Crippen LogP contribution in [-0.2, 0) is 4.79 Å². The van der Waals surface area contributed by atoms with Crippen LogP contribution in [0.15, 0.2) is 30.6 Å². The molecule has 0 saturated carbocycles. The van der Waals surface area contributed by atoms with Crippen molar-refractivity contribution in [2.24, 2.45) is 0 Å². The maximum Gasteiger partial charge on any atom is 0.221 e. The summed E-state index contributed by atoms with van der Waals surface area (Å²) in [6, 6.07) is 7.80. The summed E-state index contributed by atoms with van der Waals surface area (Å²) in [5.74, 6) is 0.835. The van der Waals surface area contributed by atoms with E-state index >= 15 is 0 Å². The molecule has 19 heavy (non-hydrogen) atoms. The number of carbonyl (C=O) groups excluding carboxylic acids is 1. The van der Waals surface area contributed by atoms with E-state index < -0.39 is 0 Å². The molecule has 0 unspecified atom stereocenters. The number of hydrogen-bond donors (Lipinski definition) is 2. The molecule has 1 aromatic heterocycles. The van der Waals surface area contributed by atoms with Gasteiger partial charge in [0.05, 0.1) is 5.52 Å². The van der Waals surface area contributed by atoms with Gasteiger partial charge in [-0.05, 0) is 18.6 Å². The molecule has 1 amide bonds. The topological polar surface area (TPSA) is 66.9 Å². The summed E-state index contributed by atoms with van der Waals surface area (Å²) in [5.41, 5.74) is 0.899. The smallest absolute Gasteiger partial charge is 0.221 e. The van der Waals surface area contributed by atoms with Gasteiger partial charge in [-0.25, -0.2) is 9.97 Å². The van der Waals surface area contributed by atoms with Crippen molar-refractivity contribution in [2.45, 2.75) is 19.8 Å². The van der Waals surface area contributed by atoms with Crippen molar-refractivity contribution in [1.29, 1.82) is 0 Å². The monoisotopic (exact) mass is 258 g/mol. The van der Waals surface area contributed by atoms with Crippen LogP contribution in [0.1, 0.15) is 19.8 Å². The fraction of sp³-hybridized carbons (Fsp3) is 0.357. The normalized spacial score (nSPS) is 10.4. The van der Waals surface area contributed by atoms with Gasteiger partial charge in [0, 0.05) is 24.9 Å². The summed E-state index contributed by atoms with van der Waals surface area (Å²) in [4.78, 5) is 19.9. The van der Waals surface area contributed by atoms with Gasteiger partial charge in [0.25, 0.3) is 0 Å². The first-order valence-electron chi connectivity index (χ1n) is 6.51. The maximum atomic E-state index is 11.5. The highest BCUT2D eigenvalue weighted by molar-refractivity contribution is 5.88. The third-order valence-electron chi connectivity index (χ3n) is 2.76. The van der Waals surface area contributed by atoms with Gasteiger partial charge < -0.3 is 10.6 Å². The Bertz CT molecular complexity index is 551. The molecule has 2 N–H and O–H groups in total. The minimum atomic E-state index is 0.0627. The van der Waals surface area contributed by atoms with Gasteiger partial charge in [-0.15, -0.1) is 0 Å². The zero-order valence-corrected chi connectivity index (χ0v) is 11.0. The van der Waals surface area contributed by atoms with Crippen molar-refractivity contribution in [2.75, 3.05) is 18.4 Å². The molecule has 2 rings (SSSR count). The van der Waals surface area contributed by atoms with Crippen molar-refractivity contribution < 1.29 is 4.79 Å². The summed E-state index contributed by atoms with van der Waals surface area (Å²) < 4.78 is 0. The van der Waals surface area contributed by atoms with E-state index in [1.807, 2.05) is 31.2 Å². The highest BCUT2D eigenvalue weighted by atomic mass is 16.1. The Kier molecular flexibility index (Phi) is 4.66. The number of hydrogen-bond acceptors (Lipinski definition) is 4. The van der Waals surface area contributed by atoms with E-state index in [9.17, 15) is 4.79 Å². The van der Waals surface area contributed by atoms with E-state index in [1.54, 1.807) is 0 Å². The van der Waals surface area contributed by atoms with Crippen LogP contribution in [0.25, 0.3) is 10.9 Å². The molecule has 1 aromatic carbocycles. The predicted molar refractivity (Wildman–Crippen MR) is 75.9 cm³/mol. The third kappa shape index (κ3) is 3.64. The van der Waals surface area contributed by atoms with Crippen molar-refractivity contribution >= 4 is 22.6 Å². The van der Waals surface area contributed by atoms with Gasteiger partial charge in [0.15, 0.2) is 0 Å². The Morgan fingerprint density at radius 3 is 2.89 bits per heavy atom. The van der Waals surface area contributed by atoms with Gasteiger partial charge in [-0.3, -0.25) is 4.79 Å². The number of benzene rings is 1. The number of amides is 1. The molecule has 0 bridgehead atoms. The lowest BCUT2D eigenvalue weighted by atomic mass is 10.2. The molecule has 0 fully saturated rings. The summed E-state index contributed by atoms with van der Waals surface area (Å²) in [6.07, 6.45) is 2.93. The molecule has 100 valence electrons. The van der Waals surface area contributed by atoms with Crippen molar-refractivity contribution in [3.63, 3.8) is 0 Å². The molecular weight excluding hydrogens is 240 g/mol. The molecule has 0 aliphatic rings.